The molecule has 1 heterocycles. The van der Waals surface area contributed by atoms with Gasteiger partial charge in [0.1, 0.15) is 0 Å². The Hall–Kier alpha value is -1.06. The van der Waals surface area contributed by atoms with Crippen LogP contribution in [-0.2, 0) is 0 Å². The lowest BCUT2D eigenvalue weighted by atomic mass is 10.1. The van der Waals surface area contributed by atoms with Crippen LogP contribution in [-0.4, -0.2) is 15.0 Å². The van der Waals surface area contributed by atoms with Crippen LogP contribution in [0.1, 0.15) is 50.3 Å². The van der Waals surface area contributed by atoms with Gasteiger partial charge >= 0.3 is 0 Å². The summed E-state index contributed by atoms with van der Waals surface area (Å²) in [7, 11) is 0. The second kappa shape index (κ2) is 3.98. The quantitative estimate of drug-likeness (QED) is 0.696. The minimum Gasteiger partial charge on any atom is -0.381 e. The van der Waals surface area contributed by atoms with Crippen molar-refractivity contribution in [3.8, 4) is 0 Å². The van der Waals surface area contributed by atoms with E-state index in [1.165, 1.54) is 38.5 Å². The Bertz CT molecular complexity index is 297. The first-order valence-corrected chi connectivity index (χ1v) is 5.46. The maximum Gasteiger partial charge on any atom is 0.168 e. The van der Waals surface area contributed by atoms with E-state index in [1.54, 1.807) is 0 Å². The lowest BCUT2D eigenvalue weighted by molar-refractivity contribution is 0.389. The molecule has 0 amide bonds. The van der Waals surface area contributed by atoms with E-state index in [9.17, 15) is 0 Å². The number of anilines is 1. The fourth-order valence-corrected chi connectivity index (χ4v) is 2.20. The summed E-state index contributed by atoms with van der Waals surface area (Å²) in [5.41, 5.74) is 6.72. The second-order valence-corrected chi connectivity index (χ2v) is 4.15. The topological polar surface area (TPSA) is 56.7 Å². The first-order chi connectivity index (χ1) is 6.79. The van der Waals surface area contributed by atoms with Crippen LogP contribution in [0.3, 0.4) is 0 Å². The van der Waals surface area contributed by atoms with Crippen molar-refractivity contribution in [1.29, 1.82) is 0 Å². The van der Waals surface area contributed by atoms with Gasteiger partial charge in [-0.15, -0.1) is 5.10 Å². The number of nitrogen functional groups attached to an aromatic ring is 1. The van der Waals surface area contributed by atoms with Crippen LogP contribution in [0.5, 0.6) is 0 Å². The zero-order valence-electron chi connectivity index (χ0n) is 8.74. The van der Waals surface area contributed by atoms with E-state index in [2.05, 4.69) is 10.3 Å². The van der Waals surface area contributed by atoms with Gasteiger partial charge in [-0.05, 0) is 19.8 Å². The maximum absolute atomic E-state index is 5.69. The molecule has 78 valence electrons. The number of hydrogen-bond donors (Lipinski definition) is 1. The lowest BCUT2D eigenvalue weighted by Gasteiger charge is -2.15. The van der Waals surface area contributed by atoms with Gasteiger partial charge in [0, 0.05) is 0 Å². The first-order valence-electron chi connectivity index (χ1n) is 5.46. The molecule has 0 aromatic carbocycles. The highest BCUT2D eigenvalue weighted by Crippen LogP contribution is 2.27. The molecule has 1 aliphatic carbocycles. The van der Waals surface area contributed by atoms with E-state index in [4.69, 9.17) is 5.73 Å². The second-order valence-electron chi connectivity index (χ2n) is 4.15. The average molecular weight is 194 g/mol. The average Bonchev–Trinajstić information content (AvgIpc) is 2.47. The van der Waals surface area contributed by atoms with Crippen LogP contribution in [0.2, 0.25) is 0 Å². The van der Waals surface area contributed by atoms with Gasteiger partial charge in [0.2, 0.25) is 0 Å². The van der Waals surface area contributed by atoms with Gasteiger partial charge < -0.3 is 5.73 Å². The molecule has 0 unspecified atom stereocenters. The number of nitrogens with zero attached hydrogens (tertiary/aromatic N) is 3. The lowest BCUT2D eigenvalue weighted by Crippen LogP contribution is -2.11. The van der Waals surface area contributed by atoms with E-state index in [1.807, 2.05) is 11.6 Å². The highest BCUT2D eigenvalue weighted by Gasteiger charge is 2.17. The molecule has 0 bridgehead atoms. The molecule has 1 aromatic rings. The predicted octanol–water partition coefficient (Wildman–Crippen LogP) is 2.06. The SMILES string of the molecule is Cc1c(N)nnn1C1CCCCCC1. The van der Waals surface area contributed by atoms with Crippen molar-refractivity contribution in [2.24, 2.45) is 0 Å². The third-order valence-corrected chi connectivity index (χ3v) is 3.13. The molecule has 1 aromatic heterocycles. The van der Waals surface area contributed by atoms with Gasteiger partial charge in [-0.1, -0.05) is 30.9 Å². The molecule has 4 nitrogen and oxygen atoms in total. The molecule has 0 aliphatic heterocycles. The van der Waals surface area contributed by atoms with Crippen molar-refractivity contribution >= 4 is 5.82 Å². The summed E-state index contributed by atoms with van der Waals surface area (Å²) in [6, 6.07) is 0.530. The molecule has 0 spiro atoms. The molecule has 4 heteroatoms. The van der Waals surface area contributed by atoms with E-state index in [0.717, 1.165) is 5.69 Å². The number of aromatic nitrogens is 3. The first kappa shape index (κ1) is 9.49. The van der Waals surface area contributed by atoms with Gasteiger partial charge in [-0.3, -0.25) is 0 Å². The molecule has 0 atom stereocenters. The van der Waals surface area contributed by atoms with Crippen molar-refractivity contribution in [2.75, 3.05) is 5.73 Å². The molecule has 2 N–H and O–H groups in total. The van der Waals surface area contributed by atoms with Crippen LogP contribution in [0.15, 0.2) is 0 Å². The monoisotopic (exact) mass is 194 g/mol. The Balaban J connectivity index is 2.16. The van der Waals surface area contributed by atoms with Gasteiger partial charge in [0.15, 0.2) is 5.82 Å². The van der Waals surface area contributed by atoms with Gasteiger partial charge in [0.05, 0.1) is 11.7 Å². The summed E-state index contributed by atoms with van der Waals surface area (Å²) in [6.07, 6.45) is 7.79. The highest BCUT2D eigenvalue weighted by atomic mass is 15.5. The van der Waals surface area contributed by atoms with Gasteiger partial charge in [0.25, 0.3) is 0 Å². The third kappa shape index (κ3) is 1.74. The fraction of sp³-hybridized carbons (Fsp3) is 0.800. The number of nitrogens with two attached hydrogens (primary N) is 1. The van der Waals surface area contributed by atoms with Crippen LogP contribution >= 0.6 is 0 Å². The molecule has 2 rings (SSSR count). The zero-order valence-corrected chi connectivity index (χ0v) is 8.74. The Kier molecular flexibility index (Phi) is 2.70. The Morgan fingerprint density at radius 2 is 1.86 bits per heavy atom. The number of hydrogen-bond acceptors (Lipinski definition) is 3. The Morgan fingerprint density at radius 3 is 2.36 bits per heavy atom. The summed E-state index contributed by atoms with van der Waals surface area (Å²) < 4.78 is 2.01. The van der Waals surface area contributed by atoms with Gasteiger partial charge in [-0.2, -0.15) is 0 Å². The maximum atomic E-state index is 5.69. The molecule has 1 fully saturated rings. The largest absolute Gasteiger partial charge is 0.381 e. The minimum atomic E-state index is 0.530. The number of rotatable bonds is 1. The van der Waals surface area contributed by atoms with Crippen molar-refractivity contribution in [3.05, 3.63) is 5.69 Å². The Morgan fingerprint density at radius 1 is 1.21 bits per heavy atom. The molecule has 14 heavy (non-hydrogen) atoms. The summed E-state index contributed by atoms with van der Waals surface area (Å²) in [5, 5.41) is 8.04. The van der Waals surface area contributed by atoms with E-state index >= 15 is 0 Å². The molecule has 1 saturated carbocycles. The van der Waals surface area contributed by atoms with E-state index in [0.29, 0.717) is 11.9 Å². The fourth-order valence-electron chi connectivity index (χ4n) is 2.20. The van der Waals surface area contributed by atoms with Crippen LogP contribution < -0.4 is 5.73 Å². The normalized spacial score (nSPS) is 19.5. The molecular weight excluding hydrogens is 176 g/mol. The molecule has 1 aliphatic rings. The van der Waals surface area contributed by atoms with Crippen LogP contribution in [0.25, 0.3) is 0 Å². The molecule has 0 radical (unpaired) electrons. The van der Waals surface area contributed by atoms with Crippen molar-refractivity contribution in [3.63, 3.8) is 0 Å². The highest BCUT2D eigenvalue weighted by molar-refractivity contribution is 5.31. The molecular formula is C10H18N4. The van der Waals surface area contributed by atoms with E-state index < -0.39 is 0 Å². The standard InChI is InChI=1S/C10H18N4/c1-8-10(11)12-13-14(8)9-6-4-2-3-5-7-9/h9H,2-7,11H2,1H3. The summed E-state index contributed by atoms with van der Waals surface area (Å²) in [4.78, 5) is 0. The smallest absolute Gasteiger partial charge is 0.168 e. The van der Waals surface area contributed by atoms with Crippen LogP contribution in [0, 0.1) is 6.92 Å². The third-order valence-electron chi connectivity index (χ3n) is 3.13. The minimum absolute atomic E-state index is 0.530. The summed E-state index contributed by atoms with van der Waals surface area (Å²) >= 11 is 0. The van der Waals surface area contributed by atoms with Crippen molar-refractivity contribution < 1.29 is 0 Å². The summed E-state index contributed by atoms with van der Waals surface area (Å²) in [5.74, 6) is 0.578. The van der Waals surface area contributed by atoms with Gasteiger partial charge in [-0.25, -0.2) is 4.68 Å². The zero-order chi connectivity index (χ0) is 9.97. The van der Waals surface area contributed by atoms with Crippen molar-refractivity contribution in [1.82, 2.24) is 15.0 Å². The molecule has 0 saturated heterocycles. The summed E-state index contributed by atoms with van der Waals surface area (Å²) in [6.45, 7) is 2.00. The van der Waals surface area contributed by atoms with E-state index in [-0.39, 0.29) is 0 Å². The Labute approximate surface area is 84.5 Å². The van der Waals surface area contributed by atoms with Crippen molar-refractivity contribution in [2.45, 2.75) is 51.5 Å². The van der Waals surface area contributed by atoms with Crippen LogP contribution in [0.4, 0.5) is 5.82 Å². The predicted molar refractivity (Wildman–Crippen MR) is 55.9 cm³/mol.